The summed E-state index contributed by atoms with van der Waals surface area (Å²) in [6.45, 7) is 1.21. The monoisotopic (exact) mass is 459 g/mol. The number of hydrogen-bond acceptors (Lipinski definition) is 5. The summed E-state index contributed by atoms with van der Waals surface area (Å²) in [5.74, 6) is -0.652. The van der Waals surface area contributed by atoms with Gasteiger partial charge in [0.15, 0.2) is 0 Å². The smallest absolute Gasteiger partial charge is 0.271 e. The van der Waals surface area contributed by atoms with E-state index in [1.165, 1.54) is 48.5 Å². The molecule has 0 radical (unpaired) electrons. The van der Waals surface area contributed by atoms with Gasteiger partial charge in [0.1, 0.15) is 6.54 Å². The number of carbonyl (C=O) groups excluding carboxylic acids is 1. The second kappa shape index (κ2) is 9.15. The fourth-order valence-electron chi connectivity index (χ4n) is 2.90. The molecule has 0 heterocycles. The minimum atomic E-state index is -4.10. The van der Waals surface area contributed by atoms with Gasteiger partial charge in [0, 0.05) is 22.8 Å². The van der Waals surface area contributed by atoms with Crippen LogP contribution in [0.4, 0.5) is 17.1 Å². The number of carbonyl (C=O) groups is 1. The molecule has 3 aromatic rings. The van der Waals surface area contributed by atoms with Crippen molar-refractivity contribution < 1.29 is 18.1 Å². The van der Waals surface area contributed by atoms with Crippen molar-refractivity contribution in [3.8, 4) is 0 Å². The van der Waals surface area contributed by atoms with Crippen molar-refractivity contribution in [2.24, 2.45) is 0 Å². The fraction of sp³-hybridized carbons (Fsp3) is 0.0952. The Morgan fingerprint density at radius 2 is 1.74 bits per heavy atom. The maximum absolute atomic E-state index is 13.3. The molecular formula is C21H18ClN3O5S. The molecule has 0 aliphatic carbocycles. The molecule has 31 heavy (non-hydrogen) atoms. The first-order chi connectivity index (χ1) is 14.7. The Balaban J connectivity index is 1.95. The SMILES string of the molecule is Cc1ccccc1N(CC(=O)Nc1cccc([N+](=O)[O-])c1)S(=O)(=O)c1ccc(Cl)cc1. The van der Waals surface area contributed by atoms with Gasteiger partial charge in [-0.05, 0) is 48.9 Å². The summed E-state index contributed by atoms with van der Waals surface area (Å²) in [5.41, 5.74) is 0.991. The van der Waals surface area contributed by atoms with Crippen LogP contribution in [0.5, 0.6) is 0 Å². The van der Waals surface area contributed by atoms with E-state index in [1.807, 2.05) is 0 Å². The third-order valence-corrected chi connectivity index (χ3v) is 6.44. The summed E-state index contributed by atoms with van der Waals surface area (Å²) >= 11 is 5.87. The highest BCUT2D eigenvalue weighted by molar-refractivity contribution is 7.92. The molecule has 0 bridgehead atoms. The molecule has 0 spiro atoms. The third-order valence-electron chi connectivity index (χ3n) is 4.41. The largest absolute Gasteiger partial charge is 0.324 e. The van der Waals surface area contributed by atoms with E-state index in [0.29, 0.717) is 16.3 Å². The van der Waals surface area contributed by atoms with Crippen LogP contribution in [-0.4, -0.2) is 25.8 Å². The van der Waals surface area contributed by atoms with Crippen LogP contribution in [0.15, 0.2) is 77.7 Å². The number of anilines is 2. The van der Waals surface area contributed by atoms with Crippen molar-refractivity contribution in [3.05, 3.63) is 93.5 Å². The van der Waals surface area contributed by atoms with E-state index in [9.17, 15) is 23.3 Å². The first kappa shape index (κ1) is 22.3. The number of rotatable bonds is 7. The highest BCUT2D eigenvalue weighted by Gasteiger charge is 2.28. The second-order valence-corrected chi connectivity index (χ2v) is 8.91. The van der Waals surface area contributed by atoms with Gasteiger partial charge < -0.3 is 5.32 Å². The molecule has 0 unspecified atom stereocenters. The van der Waals surface area contributed by atoms with Gasteiger partial charge in [0.2, 0.25) is 5.91 Å². The molecule has 1 N–H and O–H groups in total. The number of amides is 1. The number of aryl methyl sites for hydroxylation is 1. The van der Waals surface area contributed by atoms with Crippen LogP contribution < -0.4 is 9.62 Å². The van der Waals surface area contributed by atoms with Crippen molar-refractivity contribution >= 4 is 44.6 Å². The zero-order chi connectivity index (χ0) is 22.6. The predicted octanol–water partition coefficient (Wildman–Crippen LogP) is 4.39. The summed E-state index contributed by atoms with van der Waals surface area (Å²) in [4.78, 5) is 23.1. The molecular weight excluding hydrogens is 442 g/mol. The molecule has 1 amide bonds. The zero-order valence-corrected chi connectivity index (χ0v) is 17.9. The van der Waals surface area contributed by atoms with Gasteiger partial charge in [0.05, 0.1) is 15.5 Å². The molecule has 160 valence electrons. The lowest BCUT2D eigenvalue weighted by atomic mass is 10.2. The Labute approximate surface area is 184 Å². The summed E-state index contributed by atoms with van der Waals surface area (Å²) in [5, 5.41) is 13.8. The number of nitrogens with one attached hydrogen (secondary N) is 1. The Bertz CT molecular complexity index is 1230. The molecule has 0 aromatic heterocycles. The van der Waals surface area contributed by atoms with Crippen LogP contribution in [0, 0.1) is 17.0 Å². The van der Waals surface area contributed by atoms with E-state index in [-0.39, 0.29) is 16.3 Å². The topological polar surface area (TPSA) is 110 Å². The minimum Gasteiger partial charge on any atom is -0.324 e. The van der Waals surface area contributed by atoms with Crippen molar-refractivity contribution in [2.45, 2.75) is 11.8 Å². The number of benzene rings is 3. The lowest BCUT2D eigenvalue weighted by Crippen LogP contribution is -2.38. The van der Waals surface area contributed by atoms with E-state index in [1.54, 1.807) is 31.2 Å². The van der Waals surface area contributed by atoms with Gasteiger partial charge in [-0.2, -0.15) is 0 Å². The Hall–Kier alpha value is -3.43. The van der Waals surface area contributed by atoms with Crippen LogP contribution in [0.2, 0.25) is 5.02 Å². The van der Waals surface area contributed by atoms with E-state index < -0.39 is 27.4 Å². The predicted molar refractivity (Wildman–Crippen MR) is 119 cm³/mol. The van der Waals surface area contributed by atoms with E-state index in [4.69, 9.17) is 11.6 Å². The van der Waals surface area contributed by atoms with E-state index in [0.717, 1.165) is 4.31 Å². The lowest BCUT2D eigenvalue weighted by Gasteiger charge is -2.25. The summed E-state index contributed by atoms with van der Waals surface area (Å²) < 4.78 is 27.7. The van der Waals surface area contributed by atoms with Gasteiger partial charge >= 0.3 is 0 Å². The Morgan fingerprint density at radius 1 is 1.06 bits per heavy atom. The first-order valence-corrected chi connectivity index (χ1v) is 10.9. The summed E-state index contributed by atoms with van der Waals surface area (Å²) in [7, 11) is -4.10. The number of nitrogens with zero attached hydrogens (tertiary/aromatic N) is 2. The molecule has 0 saturated heterocycles. The number of halogens is 1. The van der Waals surface area contributed by atoms with Gasteiger partial charge in [-0.15, -0.1) is 0 Å². The number of hydrogen-bond donors (Lipinski definition) is 1. The quantitative estimate of drug-likeness (QED) is 0.416. The number of nitro benzene ring substituents is 1. The molecule has 0 saturated carbocycles. The molecule has 3 rings (SSSR count). The molecule has 0 aliphatic rings. The highest BCUT2D eigenvalue weighted by Crippen LogP contribution is 2.27. The maximum atomic E-state index is 13.3. The average molecular weight is 460 g/mol. The maximum Gasteiger partial charge on any atom is 0.271 e. The molecule has 10 heteroatoms. The molecule has 8 nitrogen and oxygen atoms in total. The summed E-state index contributed by atoms with van der Waals surface area (Å²) in [6, 6.07) is 17.8. The van der Waals surface area contributed by atoms with E-state index in [2.05, 4.69) is 5.32 Å². The van der Waals surface area contributed by atoms with Crippen molar-refractivity contribution in [1.29, 1.82) is 0 Å². The standard InChI is InChI=1S/C21H18ClN3O5S/c1-15-5-2-3-8-20(15)24(31(29,30)19-11-9-16(22)10-12-19)14-21(26)23-17-6-4-7-18(13-17)25(27)28/h2-13H,14H2,1H3,(H,23,26). The normalized spacial score (nSPS) is 11.0. The lowest BCUT2D eigenvalue weighted by molar-refractivity contribution is -0.384. The fourth-order valence-corrected chi connectivity index (χ4v) is 4.52. The number of para-hydroxylation sites is 1. The van der Waals surface area contributed by atoms with E-state index >= 15 is 0 Å². The minimum absolute atomic E-state index is 0.0247. The van der Waals surface area contributed by atoms with Crippen LogP contribution in [-0.2, 0) is 14.8 Å². The molecule has 3 aromatic carbocycles. The average Bonchev–Trinajstić information content (AvgIpc) is 2.73. The number of nitro groups is 1. The third kappa shape index (κ3) is 5.19. The van der Waals surface area contributed by atoms with Crippen molar-refractivity contribution in [2.75, 3.05) is 16.2 Å². The molecule has 0 aliphatic heterocycles. The molecule has 0 fully saturated rings. The van der Waals surface area contributed by atoms with Crippen LogP contribution in [0.1, 0.15) is 5.56 Å². The van der Waals surface area contributed by atoms with Gasteiger partial charge in [-0.1, -0.05) is 35.9 Å². The van der Waals surface area contributed by atoms with Crippen LogP contribution in [0.25, 0.3) is 0 Å². The van der Waals surface area contributed by atoms with Gasteiger partial charge in [-0.25, -0.2) is 8.42 Å². The number of non-ortho nitro benzene ring substituents is 1. The zero-order valence-electron chi connectivity index (χ0n) is 16.4. The second-order valence-electron chi connectivity index (χ2n) is 6.61. The van der Waals surface area contributed by atoms with Crippen molar-refractivity contribution in [3.63, 3.8) is 0 Å². The summed E-state index contributed by atoms with van der Waals surface area (Å²) in [6.07, 6.45) is 0. The van der Waals surface area contributed by atoms with Crippen LogP contribution in [0.3, 0.4) is 0 Å². The first-order valence-electron chi connectivity index (χ1n) is 9.07. The van der Waals surface area contributed by atoms with Crippen molar-refractivity contribution in [1.82, 2.24) is 0 Å². The highest BCUT2D eigenvalue weighted by atomic mass is 35.5. The Kier molecular flexibility index (Phi) is 6.57. The Morgan fingerprint density at radius 3 is 2.39 bits per heavy atom. The molecule has 0 atom stereocenters. The van der Waals surface area contributed by atoms with Gasteiger partial charge in [-0.3, -0.25) is 19.2 Å². The number of sulfonamides is 1. The van der Waals surface area contributed by atoms with Crippen LogP contribution >= 0.6 is 11.6 Å². The van der Waals surface area contributed by atoms with Gasteiger partial charge in [0.25, 0.3) is 15.7 Å².